The van der Waals surface area contributed by atoms with Gasteiger partial charge >= 0.3 is 0 Å². The lowest BCUT2D eigenvalue weighted by Gasteiger charge is -2.10. The van der Waals surface area contributed by atoms with E-state index in [-0.39, 0.29) is 35.2 Å². The topological polar surface area (TPSA) is 102 Å². The zero-order chi connectivity index (χ0) is 14.7. The molecule has 0 bridgehead atoms. The van der Waals surface area contributed by atoms with Crippen LogP contribution in [0.2, 0.25) is 0 Å². The molecule has 0 atom stereocenters. The molecule has 0 aliphatic rings. The number of benzene rings is 2. The van der Waals surface area contributed by atoms with Crippen LogP contribution >= 0.6 is 12.4 Å². The van der Waals surface area contributed by atoms with Gasteiger partial charge in [0.1, 0.15) is 23.2 Å². The van der Waals surface area contributed by atoms with Gasteiger partial charge in [-0.2, -0.15) is 0 Å². The SMILES string of the molecule is Cl.N=C(N)c1c(F)cccc1Oc1ccc([N+](=O)[O-])cc1. The van der Waals surface area contributed by atoms with E-state index in [1.54, 1.807) is 0 Å². The van der Waals surface area contributed by atoms with E-state index in [4.69, 9.17) is 15.9 Å². The van der Waals surface area contributed by atoms with E-state index in [1.807, 2.05) is 0 Å². The van der Waals surface area contributed by atoms with Crippen LogP contribution in [0.1, 0.15) is 5.56 Å². The zero-order valence-corrected chi connectivity index (χ0v) is 11.4. The monoisotopic (exact) mass is 311 g/mol. The van der Waals surface area contributed by atoms with Crippen molar-refractivity contribution in [3.63, 3.8) is 0 Å². The molecule has 0 aliphatic heterocycles. The van der Waals surface area contributed by atoms with E-state index in [0.717, 1.165) is 0 Å². The summed E-state index contributed by atoms with van der Waals surface area (Å²) in [6.07, 6.45) is 0. The van der Waals surface area contributed by atoms with Crippen molar-refractivity contribution in [3.8, 4) is 11.5 Å². The Balaban J connectivity index is 0.00000220. The lowest BCUT2D eigenvalue weighted by Crippen LogP contribution is -2.14. The van der Waals surface area contributed by atoms with E-state index in [2.05, 4.69) is 0 Å². The Hall–Kier alpha value is -2.67. The minimum atomic E-state index is -0.670. The Morgan fingerprint density at radius 2 is 1.86 bits per heavy atom. The largest absolute Gasteiger partial charge is 0.456 e. The fourth-order valence-corrected chi connectivity index (χ4v) is 1.61. The number of halogens is 2. The third-order valence-corrected chi connectivity index (χ3v) is 2.52. The van der Waals surface area contributed by atoms with Crippen LogP contribution in [0.4, 0.5) is 10.1 Å². The smallest absolute Gasteiger partial charge is 0.269 e. The van der Waals surface area contributed by atoms with Crippen molar-refractivity contribution < 1.29 is 14.1 Å². The Morgan fingerprint density at radius 3 is 2.38 bits per heavy atom. The van der Waals surface area contributed by atoms with E-state index in [9.17, 15) is 14.5 Å². The van der Waals surface area contributed by atoms with Crippen LogP contribution in [0.25, 0.3) is 0 Å². The molecule has 0 aromatic heterocycles. The second-order valence-electron chi connectivity index (χ2n) is 3.88. The van der Waals surface area contributed by atoms with Gasteiger partial charge < -0.3 is 10.5 Å². The van der Waals surface area contributed by atoms with Gasteiger partial charge in [0.2, 0.25) is 0 Å². The second kappa shape index (κ2) is 6.67. The molecule has 0 amide bonds. The molecular weight excluding hydrogens is 301 g/mol. The molecule has 0 spiro atoms. The lowest BCUT2D eigenvalue weighted by atomic mass is 10.1. The minimum Gasteiger partial charge on any atom is -0.456 e. The highest BCUT2D eigenvalue weighted by molar-refractivity contribution is 5.98. The molecule has 0 heterocycles. The molecule has 8 heteroatoms. The number of nitrogen functional groups attached to an aromatic ring is 1. The molecule has 2 aromatic rings. The molecule has 110 valence electrons. The third kappa shape index (κ3) is 3.67. The fourth-order valence-electron chi connectivity index (χ4n) is 1.61. The molecule has 6 nitrogen and oxygen atoms in total. The first-order chi connectivity index (χ1) is 9.49. The van der Waals surface area contributed by atoms with Crippen LogP contribution in [-0.4, -0.2) is 10.8 Å². The van der Waals surface area contributed by atoms with E-state index in [1.165, 1.54) is 42.5 Å². The van der Waals surface area contributed by atoms with Gasteiger partial charge in [0.05, 0.1) is 10.5 Å². The van der Waals surface area contributed by atoms with Crippen LogP contribution < -0.4 is 10.5 Å². The summed E-state index contributed by atoms with van der Waals surface area (Å²) in [5, 5.41) is 17.9. The summed E-state index contributed by atoms with van der Waals surface area (Å²) >= 11 is 0. The summed E-state index contributed by atoms with van der Waals surface area (Å²) in [7, 11) is 0. The molecule has 21 heavy (non-hydrogen) atoms. The second-order valence-corrected chi connectivity index (χ2v) is 3.88. The van der Waals surface area contributed by atoms with Crippen LogP contribution in [0.3, 0.4) is 0 Å². The average Bonchev–Trinajstić information content (AvgIpc) is 2.39. The third-order valence-electron chi connectivity index (χ3n) is 2.52. The predicted molar refractivity (Wildman–Crippen MR) is 77.8 cm³/mol. The molecule has 0 saturated carbocycles. The number of rotatable bonds is 4. The number of hydrogen-bond acceptors (Lipinski definition) is 4. The molecule has 0 aliphatic carbocycles. The molecule has 2 rings (SSSR count). The van der Waals surface area contributed by atoms with Crippen molar-refractivity contribution in [1.29, 1.82) is 5.41 Å². The van der Waals surface area contributed by atoms with Gasteiger partial charge in [-0.1, -0.05) is 6.07 Å². The predicted octanol–water partition coefficient (Wildman–Crippen LogP) is 3.23. The number of nitro benzene ring substituents is 1. The van der Waals surface area contributed by atoms with Gasteiger partial charge in [-0.3, -0.25) is 15.5 Å². The Morgan fingerprint density at radius 1 is 1.24 bits per heavy atom. The lowest BCUT2D eigenvalue weighted by molar-refractivity contribution is -0.384. The minimum absolute atomic E-state index is 0. The van der Waals surface area contributed by atoms with E-state index < -0.39 is 16.6 Å². The average molecular weight is 312 g/mol. The summed E-state index contributed by atoms with van der Waals surface area (Å²) in [6.45, 7) is 0. The highest BCUT2D eigenvalue weighted by atomic mass is 35.5. The van der Waals surface area contributed by atoms with Gasteiger partial charge in [-0.15, -0.1) is 12.4 Å². The summed E-state index contributed by atoms with van der Waals surface area (Å²) in [5.74, 6) is -0.771. The number of nitrogens with two attached hydrogens (primary N) is 1. The maximum atomic E-state index is 13.6. The highest BCUT2D eigenvalue weighted by Crippen LogP contribution is 2.28. The zero-order valence-electron chi connectivity index (χ0n) is 10.6. The number of amidine groups is 1. The fraction of sp³-hybridized carbons (Fsp3) is 0. The number of hydrogen-bond donors (Lipinski definition) is 2. The number of ether oxygens (including phenoxy) is 1. The number of nitrogens with zero attached hydrogens (tertiary/aromatic N) is 1. The van der Waals surface area contributed by atoms with Crippen LogP contribution in [0.15, 0.2) is 42.5 Å². The Bertz CT molecular complexity index is 677. The van der Waals surface area contributed by atoms with Crippen molar-refractivity contribution in [1.82, 2.24) is 0 Å². The molecule has 0 fully saturated rings. The van der Waals surface area contributed by atoms with E-state index >= 15 is 0 Å². The van der Waals surface area contributed by atoms with Crippen molar-refractivity contribution in [2.45, 2.75) is 0 Å². The highest BCUT2D eigenvalue weighted by Gasteiger charge is 2.13. The molecule has 0 unspecified atom stereocenters. The van der Waals surface area contributed by atoms with Crippen LogP contribution in [0, 0.1) is 21.3 Å². The summed E-state index contributed by atoms with van der Waals surface area (Å²) < 4.78 is 19.0. The quantitative estimate of drug-likeness (QED) is 0.391. The van der Waals surface area contributed by atoms with Crippen LogP contribution in [0.5, 0.6) is 11.5 Å². The summed E-state index contributed by atoms with van der Waals surface area (Å²) in [5.41, 5.74) is 5.08. The van der Waals surface area contributed by atoms with Crippen molar-refractivity contribution in [2.75, 3.05) is 0 Å². The first-order valence-corrected chi connectivity index (χ1v) is 5.54. The first kappa shape index (κ1) is 16.4. The first-order valence-electron chi connectivity index (χ1n) is 5.54. The molecule has 0 saturated heterocycles. The van der Waals surface area contributed by atoms with Gasteiger partial charge in [0.15, 0.2) is 0 Å². The van der Waals surface area contributed by atoms with Crippen LogP contribution in [-0.2, 0) is 0 Å². The Labute approximate surface area is 125 Å². The van der Waals surface area contributed by atoms with Gasteiger partial charge in [0.25, 0.3) is 5.69 Å². The maximum Gasteiger partial charge on any atom is 0.269 e. The number of nitrogens with one attached hydrogen (secondary N) is 1. The Kier molecular flexibility index (Phi) is 5.20. The molecule has 0 radical (unpaired) electrons. The van der Waals surface area contributed by atoms with Gasteiger partial charge in [-0.25, -0.2) is 4.39 Å². The van der Waals surface area contributed by atoms with Crippen molar-refractivity contribution in [3.05, 3.63) is 64.0 Å². The molecular formula is C13H11ClFN3O3. The maximum absolute atomic E-state index is 13.6. The standard InChI is InChI=1S/C13H10FN3O3.ClH/c14-10-2-1-3-11(12(10)13(15)16)20-9-6-4-8(5-7-9)17(18)19;/h1-7H,(H3,15,16);1H. The normalized spacial score (nSPS) is 9.57. The molecule has 3 N–H and O–H groups in total. The molecule has 2 aromatic carbocycles. The van der Waals surface area contributed by atoms with Crippen molar-refractivity contribution >= 4 is 23.9 Å². The number of non-ortho nitro benzene ring substituents is 1. The van der Waals surface area contributed by atoms with E-state index in [0.29, 0.717) is 0 Å². The van der Waals surface area contributed by atoms with Gasteiger partial charge in [-0.05, 0) is 24.3 Å². The van der Waals surface area contributed by atoms with Crippen molar-refractivity contribution in [2.24, 2.45) is 5.73 Å². The summed E-state index contributed by atoms with van der Waals surface area (Å²) in [6, 6.07) is 9.34. The summed E-state index contributed by atoms with van der Waals surface area (Å²) in [4.78, 5) is 9.99. The van der Waals surface area contributed by atoms with Gasteiger partial charge in [0, 0.05) is 12.1 Å². The number of nitro groups is 1.